The van der Waals surface area contributed by atoms with E-state index in [2.05, 4.69) is 41.9 Å². The van der Waals surface area contributed by atoms with Gasteiger partial charge in [-0.2, -0.15) is 0 Å². The fraction of sp³-hybridized carbons (Fsp3) is 0.672. The van der Waals surface area contributed by atoms with Gasteiger partial charge < -0.3 is 80.6 Å². The van der Waals surface area contributed by atoms with E-state index in [1.165, 1.54) is 38.2 Å². The molecule has 0 spiro atoms. The molecule has 8 N–H and O–H groups in total. The number of nitrogens with zero attached hydrogens (tertiary/aromatic N) is 6. The molecule has 0 radical (unpaired) electrons. The number of methoxy groups -OCH3 is 3. The minimum atomic E-state index is -1.13. The van der Waals surface area contributed by atoms with E-state index in [0.29, 0.717) is 37.1 Å². The average Bonchev–Trinajstić information content (AvgIpc) is 1.80. The molecule has 1 aliphatic rings. The maximum Gasteiger partial charge on any atom is 0.410 e. The third kappa shape index (κ3) is 27.7. The summed E-state index contributed by atoms with van der Waals surface area (Å²) < 4.78 is 38.8. The molecule has 1 saturated heterocycles. The first-order valence-corrected chi connectivity index (χ1v) is 33.2. The summed E-state index contributed by atoms with van der Waals surface area (Å²) in [5.41, 5.74) is 15.2. The highest BCUT2D eigenvalue weighted by Crippen LogP contribution is 2.30. The lowest BCUT2D eigenvalue weighted by atomic mass is 9.89. The minimum Gasteiger partial charge on any atom is -0.467 e. The van der Waals surface area contributed by atoms with Gasteiger partial charge in [0.1, 0.15) is 43.4 Å². The van der Waals surface area contributed by atoms with E-state index in [1.807, 2.05) is 44.2 Å². The fourth-order valence-corrected chi connectivity index (χ4v) is 11.5. The molecule has 0 saturated carbocycles. The van der Waals surface area contributed by atoms with Crippen LogP contribution in [-0.4, -0.2) is 223 Å². The summed E-state index contributed by atoms with van der Waals surface area (Å²) in [5, 5.41) is 19.8. The summed E-state index contributed by atoms with van der Waals surface area (Å²) in [6.07, 6.45) is -0.168. The molecule has 10 amide bonds. The zero-order chi connectivity index (χ0) is 72.3. The molecule has 30 nitrogen and oxygen atoms in total. The van der Waals surface area contributed by atoms with Gasteiger partial charge in [-0.3, -0.25) is 38.5 Å². The molecule has 0 bridgehead atoms. The van der Waals surface area contributed by atoms with Crippen molar-refractivity contribution in [2.75, 3.05) is 100 Å². The first-order chi connectivity index (χ1) is 46.1. The van der Waals surface area contributed by atoms with Crippen LogP contribution in [0, 0.1) is 29.6 Å². The highest BCUT2D eigenvalue weighted by atomic mass is 16.6. The van der Waals surface area contributed by atoms with E-state index < -0.39 is 132 Å². The Morgan fingerprint density at radius 1 is 0.711 bits per heavy atom. The van der Waals surface area contributed by atoms with E-state index in [1.54, 1.807) is 84.7 Å². The van der Waals surface area contributed by atoms with E-state index in [9.17, 15) is 47.9 Å². The van der Waals surface area contributed by atoms with Crippen molar-refractivity contribution in [2.24, 2.45) is 40.4 Å². The second-order valence-corrected chi connectivity index (χ2v) is 25.1. The molecule has 1 fully saturated rings. The van der Waals surface area contributed by atoms with Crippen LogP contribution >= 0.6 is 0 Å². The van der Waals surface area contributed by atoms with E-state index >= 15 is 0 Å². The molecular formula is C67H107N13O17. The molecule has 11 atom stereocenters. The van der Waals surface area contributed by atoms with Crippen LogP contribution in [0.1, 0.15) is 112 Å². The normalized spacial score (nSPS) is 16.0. The summed E-state index contributed by atoms with van der Waals surface area (Å²) in [6, 6.07) is 8.37. The first kappa shape index (κ1) is 83.1. The molecule has 0 aromatic heterocycles. The molecule has 97 heavy (non-hydrogen) atoms. The Hall–Kier alpha value is -8.15. The number of nitrogens with two attached hydrogens (primary N) is 1. The Labute approximate surface area is 570 Å². The molecular weight excluding hydrogens is 1260 g/mol. The number of amides is 10. The second kappa shape index (κ2) is 43.9. The number of carbonyl (C=O) groups excluding carboxylic acids is 10. The lowest BCUT2D eigenvalue weighted by Crippen LogP contribution is -2.60. The van der Waals surface area contributed by atoms with Gasteiger partial charge in [-0.05, 0) is 78.1 Å². The Kier molecular flexibility index (Phi) is 37.6. The Bertz CT molecular complexity index is 2870. The van der Waals surface area contributed by atoms with Crippen molar-refractivity contribution in [1.82, 2.24) is 41.3 Å². The zero-order valence-electron chi connectivity index (χ0n) is 59.0. The van der Waals surface area contributed by atoms with Gasteiger partial charge in [-0.15, -0.1) is 0 Å². The Balaban J connectivity index is 1.68. The van der Waals surface area contributed by atoms with Gasteiger partial charge in [-0.25, -0.2) is 14.4 Å². The number of carbonyl (C=O) groups is 10. The summed E-state index contributed by atoms with van der Waals surface area (Å²) in [4.78, 5) is 143. The van der Waals surface area contributed by atoms with Crippen LogP contribution in [0.3, 0.4) is 0 Å². The molecule has 2 aromatic rings. The molecule has 0 aliphatic carbocycles. The first-order valence-electron chi connectivity index (χ1n) is 33.2. The van der Waals surface area contributed by atoms with Crippen molar-refractivity contribution in [2.45, 2.75) is 168 Å². The number of ether oxygens (including phenoxy) is 7. The summed E-state index contributed by atoms with van der Waals surface area (Å²) in [7, 11) is 7.28. The van der Waals surface area contributed by atoms with Gasteiger partial charge in [0.05, 0.1) is 76.8 Å². The standard InChI is InChI=1S/C67H107N13O17/c1-15-44(8)58(52(91-12)38-54(82)80-31-20-24-51(80)59(92-13)45(9)60(83)74-50(65(88)93-14)37-46-21-17-16-18-22-46)78(10)64(87)56(42(4)5)76-63(86)57(43(6)7)79(11)67(90)97-39-47-25-27-48(28-26-47)72-61(84)49(23-19-29-70-66(68)89)73-62(85)55(41(2)3)75-53(81)40-96-36-35-95-34-33-94-32-30-71-77-69/h16-18,21-22,25-28,41-45,49-52,55-59H,15,19-20,23-24,29-40H2,1-14H3,(H,72,84)(H,73,85)(H,74,83)(H,75,81)(H,76,86)(H3,68,70,89)/t44?,45-,49+,50?,51+,52-,55+,56+,57+,58+,59-/m1/s1. The topological polar surface area (TPSA) is 392 Å². The number of likely N-dealkylation sites (tertiary alicyclic amines) is 1. The van der Waals surface area contributed by atoms with Gasteiger partial charge >= 0.3 is 18.1 Å². The van der Waals surface area contributed by atoms with Crippen LogP contribution in [-0.2, 0) is 84.5 Å². The Morgan fingerprint density at radius 3 is 1.92 bits per heavy atom. The summed E-state index contributed by atoms with van der Waals surface area (Å²) >= 11 is 0. The third-order valence-corrected chi connectivity index (χ3v) is 17.0. The summed E-state index contributed by atoms with van der Waals surface area (Å²) in [6.45, 7) is 17.3. The highest BCUT2D eigenvalue weighted by Gasteiger charge is 2.44. The predicted octanol–water partition coefficient (Wildman–Crippen LogP) is 4.61. The Morgan fingerprint density at radius 2 is 1.34 bits per heavy atom. The smallest absolute Gasteiger partial charge is 0.410 e. The van der Waals surface area contributed by atoms with Crippen LogP contribution in [0.5, 0.6) is 0 Å². The molecule has 3 rings (SSSR count). The number of urea groups is 1. The number of azide groups is 1. The average molecular weight is 1370 g/mol. The van der Waals surface area contributed by atoms with Crippen molar-refractivity contribution in [1.29, 1.82) is 0 Å². The molecule has 30 heteroatoms. The van der Waals surface area contributed by atoms with Gasteiger partial charge in [0.15, 0.2) is 0 Å². The highest BCUT2D eigenvalue weighted by molar-refractivity contribution is 5.98. The van der Waals surface area contributed by atoms with E-state index in [0.717, 1.165) is 5.56 Å². The van der Waals surface area contributed by atoms with Crippen LogP contribution in [0.4, 0.5) is 15.3 Å². The van der Waals surface area contributed by atoms with Crippen LogP contribution in [0.15, 0.2) is 59.7 Å². The number of hydrogen-bond donors (Lipinski definition) is 7. The number of esters is 1. The SMILES string of the molecule is CCC(C)[C@@H]([C@@H](CC(=O)N1CCC[C@H]1[C@H](OC)[C@@H](C)C(=O)NC(Cc1ccccc1)C(=O)OC)OC)N(C)C(=O)[C@@H](NC(=O)[C@H](C(C)C)N(C)C(=O)OCc1ccc(NC(=O)[C@H](CCCNC(N)=O)NC(=O)[C@@H](NC(=O)COCCOCCOCCN=[N+]=[N-])C(C)C)cc1)C(C)C. The van der Waals surface area contributed by atoms with Crippen LogP contribution in [0.2, 0.25) is 0 Å². The number of likely N-dealkylation sites (N-methyl/N-ethyl adjacent to an activating group) is 2. The maximum absolute atomic E-state index is 14.8. The number of nitrogens with one attached hydrogen (secondary N) is 6. The van der Waals surface area contributed by atoms with Gasteiger partial charge in [0.25, 0.3) is 0 Å². The zero-order valence-corrected chi connectivity index (χ0v) is 59.0. The van der Waals surface area contributed by atoms with Gasteiger partial charge in [-0.1, -0.05) is 116 Å². The minimum absolute atomic E-state index is 0.0711. The van der Waals surface area contributed by atoms with Crippen molar-refractivity contribution < 1.29 is 81.1 Å². The summed E-state index contributed by atoms with van der Waals surface area (Å²) in [5.74, 6) is -6.44. The molecule has 542 valence electrons. The predicted molar refractivity (Wildman–Crippen MR) is 361 cm³/mol. The quantitative estimate of drug-likeness (QED) is 0.0156. The molecule has 1 heterocycles. The van der Waals surface area contributed by atoms with Gasteiger partial charge in [0.2, 0.25) is 41.4 Å². The molecule has 2 aromatic carbocycles. The van der Waals surface area contributed by atoms with E-state index in [-0.39, 0.29) is 96.8 Å². The number of primary amides is 1. The maximum atomic E-state index is 14.8. The lowest BCUT2D eigenvalue weighted by Gasteiger charge is -2.41. The van der Waals surface area contributed by atoms with Gasteiger partial charge in [0, 0.05) is 65.0 Å². The second-order valence-electron chi connectivity index (χ2n) is 25.1. The third-order valence-electron chi connectivity index (χ3n) is 17.0. The lowest BCUT2D eigenvalue weighted by molar-refractivity contribution is -0.149. The molecule has 2 unspecified atom stereocenters. The largest absolute Gasteiger partial charge is 0.467 e. The van der Waals surface area contributed by atoms with Crippen LogP contribution < -0.4 is 37.6 Å². The van der Waals surface area contributed by atoms with Crippen LogP contribution in [0.25, 0.3) is 10.4 Å². The number of benzene rings is 2. The van der Waals surface area contributed by atoms with E-state index in [4.69, 9.17) is 44.4 Å². The van der Waals surface area contributed by atoms with Crippen molar-refractivity contribution >= 4 is 65.1 Å². The van der Waals surface area contributed by atoms with Crippen molar-refractivity contribution in [3.63, 3.8) is 0 Å². The number of anilines is 1. The van der Waals surface area contributed by atoms with Crippen molar-refractivity contribution in [3.8, 4) is 0 Å². The fourth-order valence-electron chi connectivity index (χ4n) is 11.5. The number of hydrogen-bond acceptors (Lipinski definition) is 18. The monoisotopic (exact) mass is 1370 g/mol. The van der Waals surface area contributed by atoms with Crippen molar-refractivity contribution in [3.05, 3.63) is 76.2 Å². The molecule has 1 aliphatic heterocycles. The number of rotatable bonds is 44.